The number of hydrogen-bond acceptors (Lipinski definition) is 3. The predicted molar refractivity (Wildman–Crippen MR) is 107 cm³/mol. The van der Waals surface area contributed by atoms with Crippen LogP contribution in [0.5, 0.6) is 0 Å². The number of piperazine rings is 1. The molecule has 1 saturated carbocycles. The quantitative estimate of drug-likeness (QED) is 0.548. The average Bonchev–Trinajstić information content (AvgIpc) is 3.20. The van der Waals surface area contributed by atoms with Crippen LogP contribution in [-0.4, -0.2) is 46.7 Å². The van der Waals surface area contributed by atoms with Gasteiger partial charge in [0.2, 0.25) is 0 Å². The fraction of sp³-hybridized carbons (Fsp3) is 0.611. The standard InChI is InChI=1S/C18H24BrIN2O2/c1-17(2,3)24-16(23)22-9-8-21(12-18(22)6-7-18)11-13-10-14(20)4-5-15(13)19/h4-5,10H,6-9,11-12H2,1-3H3. The molecule has 24 heavy (non-hydrogen) atoms. The van der Waals surface area contributed by atoms with E-state index < -0.39 is 5.60 Å². The minimum Gasteiger partial charge on any atom is -0.444 e. The lowest BCUT2D eigenvalue weighted by atomic mass is 10.1. The second-order valence-electron chi connectivity index (χ2n) is 7.80. The first kappa shape index (κ1) is 18.5. The van der Waals surface area contributed by atoms with Crippen LogP contribution in [0.15, 0.2) is 22.7 Å². The monoisotopic (exact) mass is 506 g/mol. The highest BCUT2D eigenvalue weighted by atomic mass is 127. The Kier molecular flexibility index (Phi) is 5.20. The Hall–Kier alpha value is -0.340. The molecule has 132 valence electrons. The molecule has 0 N–H and O–H groups in total. The lowest BCUT2D eigenvalue weighted by Crippen LogP contribution is -2.57. The van der Waals surface area contributed by atoms with Gasteiger partial charge < -0.3 is 4.74 Å². The Labute approximate surface area is 166 Å². The zero-order valence-corrected chi connectivity index (χ0v) is 18.2. The van der Waals surface area contributed by atoms with Crippen LogP contribution in [0.4, 0.5) is 4.79 Å². The maximum absolute atomic E-state index is 12.5. The van der Waals surface area contributed by atoms with E-state index in [2.05, 4.69) is 61.6 Å². The summed E-state index contributed by atoms with van der Waals surface area (Å²) in [6.07, 6.45) is 2.00. The zero-order valence-electron chi connectivity index (χ0n) is 14.4. The SMILES string of the molecule is CC(C)(C)OC(=O)N1CCN(Cc2cc(I)ccc2Br)CC12CC2. The number of ether oxygens (including phenoxy) is 1. The normalized spacial score (nSPS) is 20.3. The molecule has 1 saturated heterocycles. The van der Waals surface area contributed by atoms with Crippen LogP contribution >= 0.6 is 38.5 Å². The summed E-state index contributed by atoms with van der Waals surface area (Å²) in [7, 11) is 0. The molecule has 1 aromatic rings. The summed E-state index contributed by atoms with van der Waals surface area (Å²) >= 11 is 6.01. The summed E-state index contributed by atoms with van der Waals surface area (Å²) in [6, 6.07) is 6.45. The molecule has 1 aliphatic carbocycles. The van der Waals surface area contributed by atoms with Gasteiger partial charge in [-0.2, -0.15) is 0 Å². The fourth-order valence-corrected chi connectivity index (χ4v) is 4.20. The van der Waals surface area contributed by atoms with Gasteiger partial charge in [-0.15, -0.1) is 0 Å². The second kappa shape index (κ2) is 6.76. The van der Waals surface area contributed by atoms with Crippen molar-refractivity contribution >= 4 is 44.6 Å². The molecule has 6 heteroatoms. The lowest BCUT2D eigenvalue weighted by molar-refractivity contribution is -0.00811. The molecule has 4 nitrogen and oxygen atoms in total. The van der Waals surface area contributed by atoms with Gasteiger partial charge in [0.15, 0.2) is 0 Å². The number of carbonyl (C=O) groups is 1. The molecule has 1 amide bonds. The molecule has 1 aliphatic heterocycles. The smallest absolute Gasteiger partial charge is 0.410 e. The third-order valence-corrected chi connectivity index (χ3v) is 6.02. The minimum atomic E-state index is -0.435. The Morgan fingerprint density at radius 3 is 2.67 bits per heavy atom. The van der Waals surface area contributed by atoms with E-state index in [9.17, 15) is 4.79 Å². The van der Waals surface area contributed by atoms with Gasteiger partial charge in [0.1, 0.15) is 5.60 Å². The van der Waals surface area contributed by atoms with E-state index in [0.29, 0.717) is 0 Å². The van der Waals surface area contributed by atoms with Crippen molar-refractivity contribution in [3.63, 3.8) is 0 Å². The van der Waals surface area contributed by atoms with Crippen molar-refractivity contribution in [1.29, 1.82) is 0 Å². The third-order valence-electron chi connectivity index (χ3n) is 4.57. The topological polar surface area (TPSA) is 32.8 Å². The van der Waals surface area contributed by atoms with Gasteiger partial charge in [0, 0.05) is 34.2 Å². The molecule has 1 spiro atoms. The molecule has 3 rings (SSSR count). The van der Waals surface area contributed by atoms with E-state index in [4.69, 9.17) is 4.74 Å². The van der Waals surface area contributed by atoms with Crippen molar-refractivity contribution in [2.75, 3.05) is 19.6 Å². The van der Waals surface area contributed by atoms with Crippen molar-refractivity contribution in [1.82, 2.24) is 9.80 Å². The first-order chi connectivity index (χ1) is 11.2. The van der Waals surface area contributed by atoms with Crippen molar-refractivity contribution in [2.24, 2.45) is 0 Å². The molecule has 2 fully saturated rings. The maximum atomic E-state index is 12.5. The van der Waals surface area contributed by atoms with E-state index in [1.165, 1.54) is 9.13 Å². The van der Waals surface area contributed by atoms with E-state index in [1.54, 1.807) is 0 Å². The lowest BCUT2D eigenvalue weighted by Gasteiger charge is -2.42. The number of hydrogen-bond donors (Lipinski definition) is 0. The fourth-order valence-electron chi connectivity index (χ4n) is 3.27. The highest BCUT2D eigenvalue weighted by molar-refractivity contribution is 14.1. The molecule has 0 radical (unpaired) electrons. The molecule has 0 atom stereocenters. The van der Waals surface area contributed by atoms with Crippen LogP contribution in [0, 0.1) is 3.57 Å². The zero-order chi connectivity index (χ0) is 17.5. The number of halogens is 2. The Balaban J connectivity index is 1.66. The number of rotatable bonds is 2. The van der Waals surface area contributed by atoms with Gasteiger partial charge in [-0.05, 0) is 80.0 Å². The second-order valence-corrected chi connectivity index (χ2v) is 9.90. The van der Waals surface area contributed by atoms with E-state index >= 15 is 0 Å². The van der Waals surface area contributed by atoms with Crippen molar-refractivity contribution in [3.8, 4) is 0 Å². The predicted octanol–water partition coefficient (Wildman–Crippen LogP) is 4.64. The van der Waals surface area contributed by atoms with Crippen LogP contribution in [0.3, 0.4) is 0 Å². The molecule has 0 bridgehead atoms. The van der Waals surface area contributed by atoms with Gasteiger partial charge in [0.25, 0.3) is 0 Å². The first-order valence-electron chi connectivity index (χ1n) is 8.35. The third kappa shape index (κ3) is 4.25. The van der Waals surface area contributed by atoms with E-state index in [-0.39, 0.29) is 11.6 Å². The average molecular weight is 507 g/mol. The summed E-state index contributed by atoms with van der Waals surface area (Å²) in [6.45, 7) is 9.26. The Bertz CT molecular complexity index is 640. The number of benzene rings is 1. The highest BCUT2D eigenvalue weighted by Crippen LogP contribution is 2.45. The molecular formula is C18H24BrIN2O2. The van der Waals surface area contributed by atoms with Crippen LogP contribution < -0.4 is 0 Å². The van der Waals surface area contributed by atoms with Gasteiger partial charge in [-0.25, -0.2) is 4.79 Å². The molecule has 0 aromatic heterocycles. The van der Waals surface area contributed by atoms with Crippen LogP contribution in [0.25, 0.3) is 0 Å². The van der Waals surface area contributed by atoms with E-state index in [0.717, 1.165) is 43.5 Å². The summed E-state index contributed by atoms with van der Waals surface area (Å²) < 4.78 is 8.01. The largest absolute Gasteiger partial charge is 0.444 e. The first-order valence-corrected chi connectivity index (χ1v) is 10.2. The van der Waals surface area contributed by atoms with Crippen molar-refractivity contribution in [2.45, 2.75) is 51.3 Å². The van der Waals surface area contributed by atoms with Crippen molar-refractivity contribution in [3.05, 3.63) is 31.8 Å². The molecule has 0 unspecified atom stereocenters. The molecule has 1 aromatic carbocycles. The summed E-state index contributed by atoms with van der Waals surface area (Å²) in [4.78, 5) is 16.9. The Morgan fingerprint density at radius 2 is 2.04 bits per heavy atom. The van der Waals surface area contributed by atoms with Crippen LogP contribution in [0.1, 0.15) is 39.2 Å². The molecule has 1 heterocycles. The van der Waals surface area contributed by atoms with Gasteiger partial charge >= 0.3 is 6.09 Å². The van der Waals surface area contributed by atoms with Gasteiger partial charge in [-0.3, -0.25) is 9.80 Å². The number of amides is 1. The van der Waals surface area contributed by atoms with Gasteiger partial charge in [0.05, 0.1) is 5.54 Å². The van der Waals surface area contributed by atoms with E-state index in [1.807, 2.05) is 25.7 Å². The van der Waals surface area contributed by atoms with Crippen LogP contribution in [0.2, 0.25) is 0 Å². The van der Waals surface area contributed by atoms with Gasteiger partial charge in [-0.1, -0.05) is 15.9 Å². The summed E-state index contributed by atoms with van der Waals surface area (Å²) in [5, 5.41) is 0. The molecule has 2 aliphatic rings. The minimum absolute atomic E-state index is 0.00497. The summed E-state index contributed by atoms with van der Waals surface area (Å²) in [5.41, 5.74) is 0.869. The van der Waals surface area contributed by atoms with Crippen molar-refractivity contribution < 1.29 is 9.53 Å². The number of carbonyl (C=O) groups excluding carboxylic acids is 1. The summed E-state index contributed by atoms with van der Waals surface area (Å²) in [5.74, 6) is 0. The maximum Gasteiger partial charge on any atom is 0.410 e. The Morgan fingerprint density at radius 1 is 1.33 bits per heavy atom. The molecular weight excluding hydrogens is 483 g/mol. The van der Waals surface area contributed by atoms with Crippen LogP contribution in [-0.2, 0) is 11.3 Å². The highest BCUT2D eigenvalue weighted by Gasteiger charge is 2.54. The number of nitrogens with zero attached hydrogens (tertiary/aromatic N) is 2.